The van der Waals surface area contributed by atoms with Gasteiger partial charge >= 0.3 is 0 Å². The van der Waals surface area contributed by atoms with Crippen LogP contribution in [0, 0.1) is 6.92 Å². The van der Waals surface area contributed by atoms with E-state index < -0.39 is 0 Å². The van der Waals surface area contributed by atoms with Crippen LogP contribution < -0.4 is 10.6 Å². The van der Waals surface area contributed by atoms with Crippen molar-refractivity contribution in [1.29, 1.82) is 0 Å². The quantitative estimate of drug-likeness (QED) is 0.272. The van der Waals surface area contributed by atoms with Crippen LogP contribution >= 0.6 is 24.0 Å². The fourth-order valence-corrected chi connectivity index (χ4v) is 3.13. The number of nitrogens with one attached hydrogen (secondary N) is 2. The first kappa shape index (κ1) is 22.9. The molecule has 7 heteroatoms. The number of benzene rings is 2. The molecule has 0 aliphatic heterocycles. The average molecular weight is 505 g/mol. The SMILES string of the molecule is CCNC(=NCc1noc(C)n1)NCCC(c1ccccc1)c1ccccc1.I. The molecule has 0 aliphatic carbocycles. The van der Waals surface area contributed by atoms with E-state index in [0.717, 1.165) is 25.5 Å². The van der Waals surface area contributed by atoms with Crippen LogP contribution in [-0.4, -0.2) is 29.2 Å². The van der Waals surface area contributed by atoms with Gasteiger partial charge in [-0.15, -0.1) is 24.0 Å². The summed E-state index contributed by atoms with van der Waals surface area (Å²) < 4.78 is 5.00. The summed E-state index contributed by atoms with van der Waals surface area (Å²) >= 11 is 0. The van der Waals surface area contributed by atoms with Crippen molar-refractivity contribution in [3.63, 3.8) is 0 Å². The summed E-state index contributed by atoms with van der Waals surface area (Å²) in [5.74, 6) is 2.22. The van der Waals surface area contributed by atoms with Crippen molar-refractivity contribution >= 4 is 29.9 Å². The summed E-state index contributed by atoms with van der Waals surface area (Å²) in [6.07, 6.45) is 0.958. The Morgan fingerprint density at radius 3 is 2.14 bits per heavy atom. The molecule has 0 saturated heterocycles. The Hall–Kier alpha value is -2.42. The maximum absolute atomic E-state index is 5.00. The van der Waals surface area contributed by atoms with Gasteiger partial charge in [0.05, 0.1) is 0 Å². The van der Waals surface area contributed by atoms with Gasteiger partial charge in [0.1, 0.15) is 6.54 Å². The second-order valence-electron chi connectivity index (χ2n) is 6.51. The van der Waals surface area contributed by atoms with Crippen molar-refractivity contribution in [3.05, 3.63) is 83.5 Å². The standard InChI is InChI=1S/C22H27N5O.HI/c1-3-23-22(25-16-21-26-17(2)28-27-21)24-15-14-20(18-10-6-4-7-11-18)19-12-8-5-9-13-19;/h4-13,20H,3,14-16H2,1-2H3,(H2,23,24,25);1H. The first-order valence-electron chi connectivity index (χ1n) is 9.67. The maximum atomic E-state index is 5.00. The number of guanidine groups is 1. The molecule has 3 aromatic rings. The molecule has 1 heterocycles. The van der Waals surface area contributed by atoms with E-state index >= 15 is 0 Å². The summed E-state index contributed by atoms with van der Waals surface area (Å²) in [4.78, 5) is 8.74. The van der Waals surface area contributed by atoms with E-state index in [4.69, 9.17) is 4.52 Å². The number of hydrogen-bond donors (Lipinski definition) is 2. The van der Waals surface area contributed by atoms with Crippen molar-refractivity contribution in [2.75, 3.05) is 13.1 Å². The molecular formula is C22H28IN5O. The smallest absolute Gasteiger partial charge is 0.223 e. The highest BCUT2D eigenvalue weighted by molar-refractivity contribution is 14.0. The Morgan fingerprint density at radius 2 is 1.62 bits per heavy atom. The lowest BCUT2D eigenvalue weighted by Crippen LogP contribution is -2.38. The fraction of sp³-hybridized carbons (Fsp3) is 0.318. The lowest BCUT2D eigenvalue weighted by molar-refractivity contribution is 0.387. The number of nitrogens with zero attached hydrogens (tertiary/aromatic N) is 3. The zero-order valence-corrected chi connectivity index (χ0v) is 19.2. The van der Waals surface area contributed by atoms with E-state index in [2.05, 4.69) is 86.4 Å². The second kappa shape index (κ2) is 12.2. The first-order chi connectivity index (χ1) is 13.8. The van der Waals surface area contributed by atoms with Crippen molar-refractivity contribution in [2.45, 2.75) is 32.7 Å². The van der Waals surface area contributed by atoms with Crippen LogP contribution in [0.15, 0.2) is 70.2 Å². The summed E-state index contributed by atoms with van der Waals surface area (Å²) in [7, 11) is 0. The fourth-order valence-electron chi connectivity index (χ4n) is 3.13. The minimum Gasteiger partial charge on any atom is -0.357 e. The van der Waals surface area contributed by atoms with Gasteiger partial charge < -0.3 is 15.2 Å². The Balaban J connectivity index is 0.00000300. The molecule has 29 heavy (non-hydrogen) atoms. The lowest BCUT2D eigenvalue weighted by atomic mass is 9.88. The Morgan fingerprint density at radius 1 is 1.00 bits per heavy atom. The maximum Gasteiger partial charge on any atom is 0.223 e. The molecule has 0 amide bonds. The van der Waals surface area contributed by atoms with Crippen LogP contribution in [0.3, 0.4) is 0 Å². The van der Waals surface area contributed by atoms with Crippen molar-refractivity contribution in [1.82, 2.24) is 20.8 Å². The summed E-state index contributed by atoms with van der Waals surface area (Å²) in [6.45, 7) is 5.79. The minimum atomic E-state index is 0. The third-order valence-electron chi connectivity index (χ3n) is 4.42. The molecular weight excluding hydrogens is 477 g/mol. The van der Waals surface area contributed by atoms with Crippen LogP contribution in [0.1, 0.15) is 42.1 Å². The zero-order chi connectivity index (χ0) is 19.6. The highest BCUT2D eigenvalue weighted by atomic mass is 127. The molecule has 6 nitrogen and oxygen atoms in total. The number of aromatic nitrogens is 2. The molecule has 0 saturated carbocycles. The molecule has 0 aliphatic rings. The largest absolute Gasteiger partial charge is 0.357 e. The molecule has 0 fully saturated rings. The van der Waals surface area contributed by atoms with E-state index in [1.165, 1.54) is 11.1 Å². The van der Waals surface area contributed by atoms with Crippen molar-refractivity contribution in [2.24, 2.45) is 4.99 Å². The topological polar surface area (TPSA) is 75.3 Å². The van der Waals surface area contributed by atoms with Crippen LogP contribution in [0.2, 0.25) is 0 Å². The van der Waals surface area contributed by atoms with Gasteiger partial charge in [0.15, 0.2) is 11.8 Å². The third kappa shape index (κ3) is 7.16. The van der Waals surface area contributed by atoms with E-state index in [0.29, 0.717) is 24.2 Å². The normalized spacial score (nSPS) is 11.2. The highest BCUT2D eigenvalue weighted by Crippen LogP contribution is 2.27. The number of hydrogen-bond acceptors (Lipinski definition) is 4. The molecule has 0 bridgehead atoms. The number of rotatable bonds is 8. The summed E-state index contributed by atoms with van der Waals surface area (Å²) in [6, 6.07) is 21.2. The molecule has 0 radical (unpaired) electrons. The van der Waals surface area contributed by atoms with Crippen LogP contribution in [0.5, 0.6) is 0 Å². The predicted molar refractivity (Wildman–Crippen MR) is 127 cm³/mol. The Labute approximate surface area is 189 Å². The van der Waals surface area contributed by atoms with E-state index in [1.807, 2.05) is 6.92 Å². The predicted octanol–water partition coefficient (Wildman–Crippen LogP) is 4.27. The summed E-state index contributed by atoms with van der Waals surface area (Å²) in [5, 5.41) is 10.6. The zero-order valence-electron chi connectivity index (χ0n) is 16.8. The van der Waals surface area contributed by atoms with Gasteiger partial charge in [0.25, 0.3) is 0 Å². The molecule has 2 N–H and O–H groups in total. The molecule has 2 aromatic carbocycles. The van der Waals surface area contributed by atoms with E-state index in [-0.39, 0.29) is 24.0 Å². The van der Waals surface area contributed by atoms with Gasteiger partial charge in [-0.3, -0.25) is 0 Å². The van der Waals surface area contributed by atoms with Crippen molar-refractivity contribution in [3.8, 4) is 0 Å². The van der Waals surface area contributed by atoms with Gasteiger partial charge in [-0.05, 0) is 24.5 Å². The number of aryl methyl sites for hydroxylation is 1. The van der Waals surface area contributed by atoms with Gasteiger partial charge in [0, 0.05) is 25.9 Å². The van der Waals surface area contributed by atoms with Crippen LogP contribution in [-0.2, 0) is 6.54 Å². The number of aliphatic imine (C=N–C) groups is 1. The summed E-state index contributed by atoms with van der Waals surface area (Å²) in [5.41, 5.74) is 2.64. The van der Waals surface area contributed by atoms with Crippen molar-refractivity contribution < 1.29 is 4.52 Å². The lowest BCUT2D eigenvalue weighted by Gasteiger charge is -2.19. The monoisotopic (exact) mass is 505 g/mol. The van der Waals surface area contributed by atoms with Gasteiger partial charge in [-0.1, -0.05) is 65.8 Å². The molecule has 1 aromatic heterocycles. The van der Waals surface area contributed by atoms with Crippen LogP contribution in [0.25, 0.3) is 0 Å². The number of halogens is 1. The van der Waals surface area contributed by atoms with Crippen LogP contribution in [0.4, 0.5) is 0 Å². The highest BCUT2D eigenvalue weighted by Gasteiger charge is 2.13. The van der Waals surface area contributed by atoms with E-state index in [1.54, 1.807) is 6.92 Å². The molecule has 3 rings (SSSR count). The third-order valence-corrected chi connectivity index (χ3v) is 4.42. The second-order valence-corrected chi connectivity index (χ2v) is 6.51. The van der Waals surface area contributed by atoms with Gasteiger partial charge in [-0.25, -0.2) is 4.99 Å². The molecule has 154 valence electrons. The van der Waals surface area contributed by atoms with Gasteiger partial charge in [-0.2, -0.15) is 4.98 Å². The molecule has 0 spiro atoms. The Kier molecular flexibility index (Phi) is 9.63. The molecule has 0 atom stereocenters. The first-order valence-corrected chi connectivity index (χ1v) is 9.67. The van der Waals surface area contributed by atoms with Gasteiger partial charge in [0.2, 0.25) is 5.89 Å². The minimum absolute atomic E-state index is 0. The molecule has 0 unspecified atom stereocenters. The average Bonchev–Trinajstić information content (AvgIpc) is 3.16. The van der Waals surface area contributed by atoms with E-state index in [9.17, 15) is 0 Å². The Bertz CT molecular complexity index is 828.